The zero-order valence-corrected chi connectivity index (χ0v) is 15.4. The minimum absolute atomic E-state index is 0.0755. The first-order valence-electron chi connectivity index (χ1n) is 8.67. The number of rotatable bonds is 6. The van der Waals surface area contributed by atoms with E-state index in [-0.39, 0.29) is 24.0 Å². The van der Waals surface area contributed by atoms with Gasteiger partial charge in [0.2, 0.25) is 0 Å². The molecule has 1 saturated heterocycles. The number of carbonyl (C=O) groups excluding carboxylic acids is 1. The van der Waals surface area contributed by atoms with Crippen molar-refractivity contribution in [1.29, 1.82) is 0 Å². The van der Waals surface area contributed by atoms with Crippen LogP contribution < -0.4 is 0 Å². The smallest absolute Gasteiger partial charge is 0.308 e. The van der Waals surface area contributed by atoms with Crippen molar-refractivity contribution >= 4 is 15.8 Å². The highest BCUT2D eigenvalue weighted by molar-refractivity contribution is 7.92. The summed E-state index contributed by atoms with van der Waals surface area (Å²) in [6, 6.07) is 17.8. The van der Waals surface area contributed by atoms with E-state index in [2.05, 4.69) is 0 Å². The topological polar surface area (TPSA) is 69.7 Å². The highest BCUT2D eigenvalue weighted by Crippen LogP contribution is 2.39. The van der Waals surface area contributed by atoms with E-state index in [0.717, 1.165) is 5.56 Å². The Kier molecular flexibility index (Phi) is 5.74. The largest absolute Gasteiger partial charge is 0.466 e. The molecule has 0 aromatic heterocycles. The summed E-state index contributed by atoms with van der Waals surface area (Å²) in [6.07, 6.45) is -0.859. The molecule has 5 nitrogen and oxygen atoms in total. The van der Waals surface area contributed by atoms with E-state index in [0.29, 0.717) is 6.42 Å². The number of sulfone groups is 1. The van der Waals surface area contributed by atoms with Crippen LogP contribution in [0.1, 0.15) is 31.4 Å². The lowest BCUT2D eigenvalue weighted by Crippen LogP contribution is -2.32. The first kappa shape index (κ1) is 18.6. The van der Waals surface area contributed by atoms with E-state index in [1.807, 2.05) is 30.3 Å². The van der Waals surface area contributed by atoms with Crippen LogP contribution in [0.4, 0.5) is 0 Å². The Bertz CT molecular complexity index is 833. The molecule has 6 heteroatoms. The van der Waals surface area contributed by atoms with Crippen LogP contribution in [-0.4, -0.2) is 32.3 Å². The van der Waals surface area contributed by atoms with Gasteiger partial charge in [-0.15, -0.1) is 0 Å². The fraction of sp³-hybridized carbons (Fsp3) is 0.350. The molecule has 1 heterocycles. The molecule has 0 saturated carbocycles. The Hall–Kier alpha value is -2.18. The van der Waals surface area contributed by atoms with Gasteiger partial charge in [0.25, 0.3) is 0 Å². The van der Waals surface area contributed by atoms with E-state index in [1.54, 1.807) is 37.3 Å². The van der Waals surface area contributed by atoms with Crippen molar-refractivity contribution in [2.45, 2.75) is 42.1 Å². The second kappa shape index (κ2) is 8.01. The predicted molar refractivity (Wildman–Crippen MR) is 97.3 cm³/mol. The quantitative estimate of drug-likeness (QED) is 0.726. The Morgan fingerprint density at radius 1 is 1.08 bits per heavy atom. The zero-order valence-electron chi connectivity index (χ0n) is 14.6. The molecule has 1 aliphatic rings. The Morgan fingerprint density at radius 3 is 2.31 bits per heavy atom. The van der Waals surface area contributed by atoms with Gasteiger partial charge in [-0.2, -0.15) is 0 Å². The lowest BCUT2D eigenvalue weighted by Gasteiger charge is -2.18. The van der Waals surface area contributed by atoms with Crippen molar-refractivity contribution in [2.75, 3.05) is 6.61 Å². The number of hydrogen-bond acceptors (Lipinski definition) is 5. The molecule has 26 heavy (non-hydrogen) atoms. The maximum Gasteiger partial charge on any atom is 0.308 e. The predicted octanol–water partition coefficient (Wildman–Crippen LogP) is 3.31. The number of ether oxygens (including phenoxy) is 2. The van der Waals surface area contributed by atoms with Crippen molar-refractivity contribution in [1.82, 2.24) is 0 Å². The van der Waals surface area contributed by atoms with Gasteiger partial charge in [-0.25, -0.2) is 8.42 Å². The molecule has 1 fully saturated rings. The Morgan fingerprint density at radius 2 is 1.69 bits per heavy atom. The summed E-state index contributed by atoms with van der Waals surface area (Å²) < 4.78 is 37.3. The standard InChI is InChI=1S/C20H22O5S/c1-2-24-20(21)14-18-19(26(22,23)16-11-7-4-8-12-16)13-17(25-18)15-9-5-3-6-10-15/h3-12,17-19H,2,13-14H2,1H3. The molecule has 0 aliphatic carbocycles. The van der Waals surface area contributed by atoms with Gasteiger partial charge in [0.1, 0.15) is 0 Å². The van der Waals surface area contributed by atoms with E-state index >= 15 is 0 Å². The maximum absolute atomic E-state index is 13.1. The van der Waals surface area contributed by atoms with Crippen molar-refractivity contribution in [3.8, 4) is 0 Å². The number of hydrogen-bond donors (Lipinski definition) is 0. The molecule has 1 aliphatic heterocycles. The van der Waals surface area contributed by atoms with Gasteiger partial charge in [0.05, 0.1) is 35.4 Å². The first-order valence-corrected chi connectivity index (χ1v) is 10.2. The third-order valence-electron chi connectivity index (χ3n) is 4.51. The SMILES string of the molecule is CCOC(=O)CC1OC(c2ccccc2)CC1S(=O)(=O)c1ccccc1. The molecule has 138 valence electrons. The van der Waals surface area contributed by atoms with Gasteiger partial charge in [-0.1, -0.05) is 48.5 Å². The van der Waals surface area contributed by atoms with Crippen LogP contribution in [0.2, 0.25) is 0 Å². The van der Waals surface area contributed by atoms with E-state index in [9.17, 15) is 13.2 Å². The summed E-state index contributed by atoms with van der Waals surface area (Å²) >= 11 is 0. The molecule has 0 radical (unpaired) electrons. The monoisotopic (exact) mass is 374 g/mol. The minimum Gasteiger partial charge on any atom is -0.466 e. The second-order valence-corrected chi connectivity index (χ2v) is 8.38. The fourth-order valence-corrected chi connectivity index (χ4v) is 5.15. The van der Waals surface area contributed by atoms with Gasteiger partial charge >= 0.3 is 5.97 Å². The molecule has 3 unspecified atom stereocenters. The number of benzene rings is 2. The summed E-state index contributed by atoms with van der Waals surface area (Å²) in [5.41, 5.74) is 0.909. The average Bonchev–Trinajstić information content (AvgIpc) is 3.08. The van der Waals surface area contributed by atoms with Crippen LogP contribution in [0.3, 0.4) is 0 Å². The van der Waals surface area contributed by atoms with Gasteiger partial charge in [0, 0.05) is 0 Å². The third kappa shape index (κ3) is 3.97. The van der Waals surface area contributed by atoms with Crippen LogP contribution in [0.5, 0.6) is 0 Å². The van der Waals surface area contributed by atoms with E-state index in [1.165, 1.54) is 0 Å². The van der Waals surface area contributed by atoms with Crippen molar-refractivity contribution in [3.63, 3.8) is 0 Å². The van der Waals surface area contributed by atoms with Gasteiger partial charge in [-0.3, -0.25) is 4.79 Å². The lowest BCUT2D eigenvalue weighted by molar-refractivity contribution is -0.146. The second-order valence-electron chi connectivity index (χ2n) is 6.22. The molecule has 3 rings (SSSR count). The highest BCUT2D eigenvalue weighted by atomic mass is 32.2. The van der Waals surface area contributed by atoms with E-state index in [4.69, 9.17) is 9.47 Å². The van der Waals surface area contributed by atoms with E-state index < -0.39 is 27.2 Å². The van der Waals surface area contributed by atoms with Crippen LogP contribution in [0.25, 0.3) is 0 Å². The van der Waals surface area contributed by atoms with Crippen molar-refractivity contribution < 1.29 is 22.7 Å². The zero-order chi connectivity index (χ0) is 18.6. The van der Waals surface area contributed by atoms with Crippen LogP contribution >= 0.6 is 0 Å². The average molecular weight is 374 g/mol. The van der Waals surface area contributed by atoms with Gasteiger partial charge in [0.15, 0.2) is 9.84 Å². The van der Waals surface area contributed by atoms with Crippen LogP contribution in [0, 0.1) is 0 Å². The number of carbonyl (C=O) groups is 1. The molecule has 0 spiro atoms. The molecular weight excluding hydrogens is 352 g/mol. The number of esters is 1. The normalized spacial score (nSPS) is 22.9. The molecule has 2 aromatic carbocycles. The summed E-state index contributed by atoms with van der Waals surface area (Å²) in [7, 11) is -3.62. The summed E-state index contributed by atoms with van der Waals surface area (Å²) in [4.78, 5) is 12.2. The Balaban J connectivity index is 1.90. The third-order valence-corrected chi connectivity index (χ3v) is 6.74. The minimum atomic E-state index is -3.62. The molecular formula is C20H22O5S. The summed E-state index contributed by atoms with van der Waals surface area (Å²) in [5.74, 6) is -0.445. The first-order chi connectivity index (χ1) is 12.5. The van der Waals surface area contributed by atoms with Gasteiger partial charge < -0.3 is 9.47 Å². The molecule has 0 amide bonds. The molecule has 3 atom stereocenters. The lowest BCUT2D eigenvalue weighted by atomic mass is 10.1. The van der Waals surface area contributed by atoms with Gasteiger partial charge in [-0.05, 0) is 31.0 Å². The molecule has 2 aromatic rings. The fourth-order valence-electron chi connectivity index (χ4n) is 3.27. The highest BCUT2D eigenvalue weighted by Gasteiger charge is 2.45. The molecule has 0 N–H and O–H groups in total. The van der Waals surface area contributed by atoms with Crippen LogP contribution in [-0.2, 0) is 24.1 Å². The maximum atomic E-state index is 13.1. The summed E-state index contributed by atoms with van der Waals surface area (Å²) in [5, 5.41) is -0.792. The van der Waals surface area contributed by atoms with Crippen molar-refractivity contribution in [2.24, 2.45) is 0 Å². The Labute approximate surface area is 153 Å². The summed E-state index contributed by atoms with van der Waals surface area (Å²) in [6.45, 7) is 1.97. The molecule has 0 bridgehead atoms. The van der Waals surface area contributed by atoms with Crippen LogP contribution in [0.15, 0.2) is 65.6 Å². The van der Waals surface area contributed by atoms with Crippen molar-refractivity contribution in [3.05, 3.63) is 66.2 Å².